The lowest BCUT2D eigenvalue weighted by Crippen LogP contribution is -2.39. The highest BCUT2D eigenvalue weighted by Gasteiger charge is 2.33. The highest BCUT2D eigenvalue weighted by Crippen LogP contribution is 2.25. The lowest BCUT2D eigenvalue weighted by molar-refractivity contribution is -0.135. The van der Waals surface area contributed by atoms with Crippen molar-refractivity contribution < 1.29 is 37.9 Å². The smallest absolute Gasteiger partial charge is 0.298 e. The summed E-state index contributed by atoms with van der Waals surface area (Å²) in [5.41, 5.74) is 2.40. The Labute approximate surface area is 292 Å². The summed E-state index contributed by atoms with van der Waals surface area (Å²) in [4.78, 5) is 35.9. The zero-order valence-corrected chi connectivity index (χ0v) is 26.8. The molecule has 0 saturated carbocycles. The maximum Gasteiger partial charge on any atom is 0.298 e. The number of anilines is 1. The van der Waals surface area contributed by atoms with Gasteiger partial charge in [0, 0.05) is 22.1 Å². The fourth-order valence-electron chi connectivity index (χ4n) is 4.67. The third-order valence-corrected chi connectivity index (χ3v) is 8.37. The van der Waals surface area contributed by atoms with Gasteiger partial charge in [-0.15, -0.1) is 0 Å². The van der Waals surface area contributed by atoms with Gasteiger partial charge in [0.15, 0.2) is 0 Å². The summed E-state index contributed by atoms with van der Waals surface area (Å²) in [5.74, 6) is -1.89. The number of carbonyl (C=O) groups is 3. The van der Waals surface area contributed by atoms with Gasteiger partial charge in [-0.2, -0.15) is 8.42 Å². The number of hydrogen-bond acceptors (Lipinski definition) is 8. The van der Waals surface area contributed by atoms with Crippen LogP contribution in [0.4, 0.5) is 5.69 Å². The van der Waals surface area contributed by atoms with Gasteiger partial charge in [-0.1, -0.05) is 103 Å². The Morgan fingerprint density at radius 1 is 0.708 bits per heavy atom. The number of para-hydroxylation sites is 1. The third kappa shape index (κ3) is 16.4. The second-order valence-corrected chi connectivity index (χ2v) is 12.0. The zero-order valence-electron chi connectivity index (χ0n) is 26.0. The summed E-state index contributed by atoms with van der Waals surface area (Å²) in [6, 6.07) is 25.8. The molecule has 1 amide bonds. The molecule has 3 rings (SSSR count). The molecule has 0 bridgehead atoms. The van der Waals surface area contributed by atoms with Crippen molar-refractivity contribution >= 4 is 33.3 Å². The quantitative estimate of drug-likeness (QED) is 0.118. The summed E-state index contributed by atoms with van der Waals surface area (Å²) >= 11 is 0. The van der Waals surface area contributed by atoms with E-state index in [1.54, 1.807) is 20.1 Å². The first-order valence-corrected chi connectivity index (χ1v) is 15.8. The molecule has 1 N–H and O–H groups in total. The molecule has 0 spiro atoms. The summed E-state index contributed by atoms with van der Waals surface area (Å²) in [6.07, 6.45) is 2.87. The topological polar surface area (TPSA) is 125 Å². The number of rotatable bonds is 16. The standard InChI is InChI=1S/C21H25NO6S.C13H18O2.4CH4.H2/c1-15(23)20(18(27-2)14-13-16-9-5-4-6-10-16)21(24)22-17-11-7-8-12-19(17)29(25,26)28-3;1-11(14)10-13(15-2)9-8-12-6-4-3-5-7-12;;;;;/h4-12,18,20H,13-14H2,1-3H3,(H,22,24);3-7,13H,8-10H2,1-2H3;4*1H4;1H. The Kier molecular flexibility index (Phi) is 25.7. The van der Waals surface area contributed by atoms with Gasteiger partial charge in [0.2, 0.25) is 5.91 Å². The van der Waals surface area contributed by atoms with Gasteiger partial charge in [0.05, 0.1) is 25.0 Å². The lowest BCUT2D eigenvalue weighted by atomic mass is 9.92. The number of methoxy groups -OCH3 is 2. The van der Waals surface area contributed by atoms with Crippen molar-refractivity contribution in [3.8, 4) is 0 Å². The molecule has 272 valence electrons. The molecule has 48 heavy (non-hydrogen) atoms. The van der Waals surface area contributed by atoms with E-state index in [9.17, 15) is 22.8 Å². The maximum absolute atomic E-state index is 12.9. The van der Waals surface area contributed by atoms with Gasteiger partial charge >= 0.3 is 0 Å². The second kappa shape index (κ2) is 25.3. The Morgan fingerprint density at radius 3 is 1.62 bits per heavy atom. The van der Waals surface area contributed by atoms with E-state index in [0.717, 1.165) is 25.5 Å². The fourth-order valence-corrected chi connectivity index (χ4v) is 5.49. The summed E-state index contributed by atoms with van der Waals surface area (Å²) in [5, 5.41) is 2.55. The van der Waals surface area contributed by atoms with Crippen LogP contribution in [-0.4, -0.2) is 59.4 Å². The van der Waals surface area contributed by atoms with Crippen molar-refractivity contribution in [1.82, 2.24) is 0 Å². The molecular weight excluding hydrogens is 630 g/mol. The third-order valence-electron chi connectivity index (χ3n) is 7.04. The average molecular weight is 692 g/mol. The van der Waals surface area contributed by atoms with E-state index in [0.29, 0.717) is 19.3 Å². The van der Waals surface area contributed by atoms with Crippen molar-refractivity contribution in [3.05, 3.63) is 96.1 Å². The monoisotopic (exact) mass is 691 g/mol. The second-order valence-electron chi connectivity index (χ2n) is 10.3. The first-order chi connectivity index (χ1) is 21.0. The highest BCUT2D eigenvalue weighted by atomic mass is 32.2. The Bertz CT molecular complexity index is 1440. The first kappa shape index (κ1) is 48.7. The molecule has 10 heteroatoms. The van der Waals surface area contributed by atoms with Crippen molar-refractivity contribution in [2.45, 2.75) is 92.8 Å². The molecule has 0 aliphatic carbocycles. The summed E-state index contributed by atoms with van der Waals surface area (Å²) in [7, 11) is 0.127. The first-order valence-electron chi connectivity index (χ1n) is 14.4. The molecule has 3 atom stereocenters. The van der Waals surface area contributed by atoms with Crippen molar-refractivity contribution in [2.24, 2.45) is 5.92 Å². The Balaban J connectivity index is -0.000000437. The van der Waals surface area contributed by atoms with Crippen LogP contribution in [0.5, 0.6) is 0 Å². The largest absolute Gasteiger partial charge is 0.381 e. The normalized spacial score (nSPS) is 12.0. The van der Waals surface area contributed by atoms with Crippen molar-refractivity contribution in [2.75, 3.05) is 26.6 Å². The van der Waals surface area contributed by atoms with Crippen LogP contribution in [0.1, 0.15) is 75.4 Å². The van der Waals surface area contributed by atoms with Crippen LogP contribution in [0.3, 0.4) is 0 Å². The number of ketones is 2. The molecule has 0 fully saturated rings. The van der Waals surface area contributed by atoms with Gasteiger partial charge < -0.3 is 14.8 Å². The van der Waals surface area contributed by atoms with Crippen LogP contribution in [0.25, 0.3) is 0 Å². The predicted molar refractivity (Wildman–Crippen MR) is 199 cm³/mol. The molecule has 0 saturated heterocycles. The van der Waals surface area contributed by atoms with Crippen LogP contribution in [0, 0.1) is 5.92 Å². The van der Waals surface area contributed by atoms with Crippen molar-refractivity contribution in [1.29, 1.82) is 0 Å². The number of benzene rings is 3. The van der Waals surface area contributed by atoms with Gasteiger partial charge in [-0.3, -0.25) is 18.6 Å². The molecule has 9 nitrogen and oxygen atoms in total. The highest BCUT2D eigenvalue weighted by molar-refractivity contribution is 7.87. The molecule has 3 aromatic carbocycles. The number of Topliss-reactive ketones (excluding diaryl/α,β-unsaturated/α-hetero) is 2. The maximum atomic E-state index is 12.9. The molecule has 0 aromatic heterocycles. The van der Waals surface area contributed by atoms with Crippen LogP contribution in [-0.2, 0) is 51.0 Å². The molecule has 0 radical (unpaired) electrons. The lowest BCUT2D eigenvalue weighted by Gasteiger charge is -2.24. The molecule has 0 aliphatic heterocycles. The molecule has 0 aliphatic rings. The van der Waals surface area contributed by atoms with Crippen LogP contribution in [0.15, 0.2) is 89.8 Å². The van der Waals surface area contributed by atoms with E-state index in [2.05, 4.69) is 21.6 Å². The SMILES string of the molecule is C.C.C.C.COC(CCc1ccccc1)C(C(C)=O)C(=O)Nc1ccccc1S(=O)(=O)OC.COC(CCc1ccccc1)CC(C)=O.[HH]. The fraction of sp³-hybridized carbons (Fsp3) is 0.447. The van der Waals surface area contributed by atoms with Crippen LogP contribution in [0.2, 0.25) is 0 Å². The molecule has 3 unspecified atom stereocenters. The molecule has 3 aromatic rings. The number of nitrogens with one attached hydrogen (secondary N) is 1. The predicted octanol–water partition coefficient (Wildman–Crippen LogP) is 8.22. The average Bonchev–Trinajstić information content (AvgIpc) is 3.02. The molecular formula is C38H61NO8S. The zero-order chi connectivity index (χ0) is 32.5. The van der Waals surface area contributed by atoms with E-state index in [-0.39, 0.29) is 59.4 Å². The summed E-state index contributed by atoms with van der Waals surface area (Å²) in [6.45, 7) is 2.92. The van der Waals surface area contributed by atoms with Gasteiger partial charge in [0.1, 0.15) is 22.4 Å². The van der Waals surface area contributed by atoms with E-state index >= 15 is 0 Å². The van der Waals surface area contributed by atoms with Crippen molar-refractivity contribution in [3.63, 3.8) is 0 Å². The minimum atomic E-state index is -4.02. The number of hydrogen-bond donors (Lipinski definition) is 1. The van der Waals surface area contributed by atoms with E-state index in [1.165, 1.54) is 37.8 Å². The van der Waals surface area contributed by atoms with E-state index in [4.69, 9.17) is 9.47 Å². The molecule has 0 heterocycles. The minimum Gasteiger partial charge on any atom is -0.381 e. The number of aryl methyl sites for hydroxylation is 2. The van der Waals surface area contributed by atoms with Gasteiger partial charge in [-0.25, -0.2) is 0 Å². The number of ether oxygens (including phenoxy) is 2. The number of carbonyl (C=O) groups excluding carboxylic acids is 3. The van der Waals surface area contributed by atoms with Crippen LogP contribution >= 0.6 is 0 Å². The Hall–Kier alpha value is -3.70. The van der Waals surface area contributed by atoms with E-state index in [1.807, 2.05) is 48.5 Å². The summed E-state index contributed by atoms with van der Waals surface area (Å²) < 4.78 is 39.4. The van der Waals surface area contributed by atoms with E-state index < -0.39 is 28.0 Å². The van der Waals surface area contributed by atoms with Gasteiger partial charge in [0.25, 0.3) is 10.1 Å². The van der Waals surface area contributed by atoms with Crippen LogP contribution < -0.4 is 5.32 Å². The van der Waals surface area contributed by atoms with Gasteiger partial charge in [-0.05, 0) is 62.8 Å². The minimum absolute atomic E-state index is 0. The number of amides is 1. The Morgan fingerprint density at radius 2 is 1.19 bits per heavy atom.